The molecule has 9 heteroatoms. The molecule has 0 radical (unpaired) electrons. The molecule has 0 unspecified atom stereocenters. The lowest BCUT2D eigenvalue weighted by Crippen LogP contribution is -2.49. The molecule has 0 bridgehead atoms. The van der Waals surface area contributed by atoms with E-state index in [2.05, 4.69) is 41.3 Å². The van der Waals surface area contributed by atoms with Gasteiger partial charge in [-0.05, 0) is 32.9 Å². The molecule has 2 amide bonds. The number of aromatic nitrogens is 1. The Bertz CT molecular complexity index is 657. The number of carbonyl (C=O) groups is 2. The van der Waals surface area contributed by atoms with Crippen LogP contribution < -0.4 is 10.6 Å². The Labute approximate surface area is 175 Å². The molecule has 2 N–H and O–H groups in total. The summed E-state index contributed by atoms with van der Waals surface area (Å²) < 4.78 is 6.11. The van der Waals surface area contributed by atoms with Gasteiger partial charge in [0.05, 0.1) is 0 Å². The first-order chi connectivity index (χ1) is 13.2. The number of ether oxygens (including phenoxy) is 1. The molecule has 0 aliphatic carbocycles. The van der Waals surface area contributed by atoms with Crippen molar-refractivity contribution in [2.75, 3.05) is 51.1 Å². The van der Waals surface area contributed by atoms with E-state index in [-0.39, 0.29) is 12.0 Å². The van der Waals surface area contributed by atoms with E-state index >= 15 is 0 Å². The van der Waals surface area contributed by atoms with E-state index in [0.717, 1.165) is 43.7 Å². The zero-order valence-electron chi connectivity index (χ0n) is 16.8. The number of nitrogens with one attached hydrogen (secondary N) is 2. The highest BCUT2D eigenvalue weighted by Crippen LogP contribution is 2.13. The number of amides is 2. The largest absolute Gasteiger partial charge is 0.444 e. The van der Waals surface area contributed by atoms with E-state index in [1.165, 1.54) is 0 Å². The van der Waals surface area contributed by atoms with Crippen LogP contribution in [0, 0.1) is 0 Å². The van der Waals surface area contributed by atoms with Crippen LogP contribution in [0.15, 0.2) is 22.8 Å². The SMILES string of the molecule is CC(C)(C)OC(=O)NCCN1CCN(CCC(=O)Nc2cc(Br)ccn2)CC1. The summed E-state index contributed by atoms with van der Waals surface area (Å²) in [4.78, 5) is 32.4. The number of nitrogens with zero attached hydrogens (tertiary/aromatic N) is 3. The van der Waals surface area contributed by atoms with Crippen LogP contribution in [0.2, 0.25) is 0 Å². The maximum Gasteiger partial charge on any atom is 0.407 e. The molecule has 8 nitrogen and oxygen atoms in total. The lowest BCUT2D eigenvalue weighted by molar-refractivity contribution is -0.116. The van der Waals surface area contributed by atoms with E-state index in [9.17, 15) is 9.59 Å². The first kappa shape index (κ1) is 22.6. The lowest BCUT2D eigenvalue weighted by Gasteiger charge is -2.34. The van der Waals surface area contributed by atoms with Gasteiger partial charge >= 0.3 is 6.09 Å². The van der Waals surface area contributed by atoms with E-state index in [1.54, 1.807) is 12.3 Å². The van der Waals surface area contributed by atoms with Crippen LogP contribution in [-0.2, 0) is 9.53 Å². The number of hydrogen-bond donors (Lipinski definition) is 2. The average molecular weight is 456 g/mol. The van der Waals surface area contributed by atoms with Crippen molar-refractivity contribution in [3.05, 3.63) is 22.8 Å². The second-order valence-corrected chi connectivity index (χ2v) is 8.69. The maximum absolute atomic E-state index is 12.1. The minimum atomic E-state index is -0.477. The molecule has 156 valence electrons. The highest BCUT2D eigenvalue weighted by atomic mass is 79.9. The van der Waals surface area contributed by atoms with Gasteiger partial charge in [-0.2, -0.15) is 0 Å². The molecule has 0 aromatic carbocycles. The van der Waals surface area contributed by atoms with Gasteiger partial charge in [-0.3, -0.25) is 9.69 Å². The van der Waals surface area contributed by atoms with Gasteiger partial charge in [-0.25, -0.2) is 9.78 Å². The van der Waals surface area contributed by atoms with Crippen molar-refractivity contribution in [3.8, 4) is 0 Å². The van der Waals surface area contributed by atoms with Crippen LogP contribution in [0.25, 0.3) is 0 Å². The van der Waals surface area contributed by atoms with Crippen LogP contribution in [-0.4, -0.2) is 78.2 Å². The van der Waals surface area contributed by atoms with Crippen molar-refractivity contribution in [1.82, 2.24) is 20.1 Å². The molecule has 2 heterocycles. The molecular weight excluding hydrogens is 426 g/mol. The van der Waals surface area contributed by atoms with Gasteiger partial charge in [0.25, 0.3) is 0 Å². The third kappa shape index (κ3) is 8.99. The number of anilines is 1. The number of rotatable bonds is 7. The minimum Gasteiger partial charge on any atom is -0.444 e. The van der Waals surface area contributed by atoms with Crippen LogP contribution >= 0.6 is 15.9 Å². The Balaban J connectivity index is 1.58. The summed E-state index contributed by atoms with van der Waals surface area (Å²) in [7, 11) is 0. The van der Waals surface area contributed by atoms with Crippen molar-refractivity contribution in [1.29, 1.82) is 0 Å². The number of halogens is 1. The standard InChI is InChI=1S/C19H30BrN5O3/c1-19(2,3)28-18(27)22-7-9-25-12-10-24(11-13-25)8-5-17(26)23-16-14-15(20)4-6-21-16/h4,6,14H,5,7-13H2,1-3H3,(H,22,27)(H,21,23,26). The third-order valence-electron chi connectivity index (χ3n) is 4.21. The van der Waals surface area contributed by atoms with Crippen molar-refractivity contribution < 1.29 is 14.3 Å². The zero-order chi connectivity index (χ0) is 20.6. The highest BCUT2D eigenvalue weighted by molar-refractivity contribution is 9.10. The van der Waals surface area contributed by atoms with Gasteiger partial charge in [0, 0.05) is 62.9 Å². The molecule has 1 saturated heterocycles. The van der Waals surface area contributed by atoms with Crippen molar-refractivity contribution in [2.24, 2.45) is 0 Å². The fraction of sp³-hybridized carbons (Fsp3) is 0.632. The predicted octanol–water partition coefficient (Wildman–Crippen LogP) is 2.32. The summed E-state index contributed by atoms with van der Waals surface area (Å²) >= 11 is 3.36. The molecule has 28 heavy (non-hydrogen) atoms. The number of hydrogen-bond acceptors (Lipinski definition) is 6. The molecular formula is C19H30BrN5O3. The van der Waals surface area contributed by atoms with Crippen molar-refractivity contribution in [3.63, 3.8) is 0 Å². The third-order valence-corrected chi connectivity index (χ3v) is 4.70. The molecule has 1 aliphatic heterocycles. The molecule has 0 spiro atoms. The topological polar surface area (TPSA) is 86.8 Å². The predicted molar refractivity (Wildman–Crippen MR) is 112 cm³/mol. The van der Waals surface area contributed by atoms with Crippen LogP contribution in [0.4, 0.5) is 10.6 Å². The monoisotopic (exact) mass is 455 g/mol. The summed E-state index contributed by atoms with van der Waals surface area (Å²) in [5.74, 6) is 0.524. The second-order valence-electron chi connectivity index (χ2n) is 7.77. The fourth-order valence-electron chi connectivity index (χ4n) is 2.80. The Morgan fingerprint density at radius 1 is 1.18 bits per heavy atom. The van der Waals surface area contributed by atoms with Gasteiger partial charge in [0.1, 0.15) is 11.4 Å². The number of pyridine rings is 1. The second kappa shape index (κ2) is 10.7. The van der Waals surface area contributed by atoms with Gasteiger partial charge in [-0.15, -0.1) is 0 Å². The summed E-state index contributed by atoms with van der Waals surface area (Å²) in [5.41, 5.74) is -0.477. The van der Waals surface area contributed by atoms with Crippen LogP contribution in [0.5, 0.6) is 0 Å². The normalized spacial score (nSPS) is 15.9. The summed E-state index contributed by atoms with van der Waals surface area (Å²) in [6.45, 7) is 11.3. The number of carbonyl (C=O) groups excluding carboxylic acids is 2. The molecule has 0 saturated carbocycles. The average Bonchev–Trinajstić information content (AvgIpc) is 2.59. The summed E-state index contributed by atoms with van der Waals surface area (Å²) in [5, 5.41) is 5.60. The van der Waals surface area contributed by atoms with E-state index in [0.29, 0.717) is 18.8 Å². The van der Waals surface area contributed by atoms with Crippen molar-refractivity contribution in [2.45, 2.75) is 32.8 Å². The first-order valence-corrected chi connectivity index (χ1v) is 10.3. The van der Waals surface area contributed by atoms with Crippen molar-refractivity contribution >= 4 is 33.7 Å². The number of alkyl carbamates (subject to hydrolysis) is 1. The van der Waals surface area contributed by atoms with Gasteiger partial charge in [0.2, 0.25) is 5.91 Å². The summed E-state index contributed by atoms with van der Waals surface area (Å²) in [6.07, 6.45) is 1.71. The molecule has 2 rings (SSSR count). The van der Waals surface area contributed by atoms with Gasteiger partial charge in [-0.1, -0.05) is 15.9 Å². The quantitative estimate of drug-likeness (QED) is 0.655. The molecule has 1 aromatic heterocycles. The maximum atomic E-state index is 12.1. The molecule has 1 aliphatic rings. The first-order valence-electron chi connectivity index (χ1n) is 9.54. The zero-order valence-corrected chi connectivity index (χ0v) is 18.4. The highest BCUT2D eigenvalue weighted by Gasteiger charge is 2.19. The lowest BCUT2D eigenvalue weighted by atomic mass is 10.2. The Morgan fingerprint density at radius 2 is 1.82 bits per heavy atom. The Morgan fingerprint density at radius 3 is 2.43 bits per heavy atom. The Kier molecular flexibility index (Phi) is 8.65. The summed E-state index contributed by atoms with van der Waals surface area (Å²) in [6, 6.07) is 3.60. The van der Waals surface area contributed by atoms with Gasteiger partial charge in [0.15, 0.2) is 0 Å². The van der Waals surface area contributed by atoms with Crippen LogP contribution in [0.3, 0.4) is 0 Å². The van der Waals surface area contributed by atoms with E-state index in [1.807, 2.05) is 26.8 Å². The molecule has 1 aromatic rings. The Hall–Kier alpha value is -1.71. The fourth-order valence-corrected chi connectivity index (χ4v) is 3.14. The van der Waals surface area contributed by atoms with Crippen LogP contribution in [0.1, 0.15) is 27.2 Å². The molecule has 1 fully saturated rings. The smallest absolute Gasteiger partial charge is 0.407 e. The van der Waals surface area contributed by atoms with E-state index in [4.69, 9.17) is 4.74 Å². The molecule has 0 atom stereocenters. The van der Waals surface area contributed by atoms with E-state index < -0.39 is 5.60 Å². The number of piperazine rings is 1. The van der Waals surface area contributed by atoms with Gasteiger partial charge < -0.3 is 20.3 Å². The minimum absolute atomic E-state index is 0.0328.